The van der Waals surface area contributed by atoms with Crippen LogP contribution in [-0.4, -0.2) is 36.5 Å². The summed E-state index contributed by atoms with van der Waals surface area (Å²) < 4.78 is 25.6. The van der Waals surface area contributed by atoms with Crippen molar-refractivity contribution >= 4 is 10.0 Å². The van der Waals surface area contributed by atoms with Crippen LogP contribution in [0.2, 0.25) is 0 Å². The molecule has 1 unspecified atom stereocenters. The van der Waals surface area contributed by atoms with Gasteiger partial charge in [0.25, 0.3) is 0 Å². The zero-order valence-electron chi connectivity index (χ0n) is 10.2. The summed E-state index contributed by atoms with van der Waals surface area (Å²) in [5.74, 6) is 0. The average Bonchev–Trinajstić information content (AvgIpc) is 2.31. The van der Waals surface area contributed by atoms with Gasteiger partial charge in [0.2, 0.25) is 10.0 Å². The van der Waals surface area contributed by atoms with Gasteiger partial charge in [-0.25, -0.2) is 12.7 Å². The lowest BCUT2D eigenvalue weighted by Crippen LogP contribution is -2.39. The van der Waals surface area contributed by atoms with Gasteiger partial charge in [-0.15, -0.1) is 0 Å². The lowest BCUT2D eigenvalue weighted by Gasteiger charge is -2.22. The zero-order valence-corrected chi connectivity index (χ0v) is 11.0. The first kappa shape index (κ1) is 14.1. The molecule has 1 heterocycles. The summed E-state index contributed by atoms with van der Waals surface area (Å²) in [5.41, 5.74) is 6.35. The quantitative estimate of drug-likeness (QED) is 0.809. The smallest absolute Gasteiger partial charge is 0.218 e. The largest absolute Gasteiger partial charge is 0.329 e. The van der Waals surface area contributed by atoms with Crippen molar-refractivity contribution in [2.24, 2.45) is 5.73 Å². The fraction of sp³-hybridized carbons (Fsp3) is 0.545. The van der Waals surface area contributed by atoms with Gasteiger partial charge in [-0.2, -0.15) is 0 Å². The summed E-state index contributed by atoms with van der Waals surface area (Å²) in [4.78, 5) is 3.96. The summed E-state index contributed by atoms with van der Waals surface area (Å²) in [6.07, 6.45) is 3.85. The molecule has 17 heavy (non-hydrogen) atoms. The van der Waals surface area contributed by atoms with Crippen molar-refractivity contribution in [3.05, 3.63) is 30.1 Å². The Morgan fingerprint density at radius 3 is 2.71 bits per heavy atom. The molecule has 1 aromatic heterocycles. The molecule has 2 N–H and O–H groups in total. The van der Waals surface area contributed by atoms with Crippen LogP contribution in [0.25, 0.3) is 0 Å². The molecule has 0 aliphatic rings. The van der Waals surface area contributed by atoms with Crippen LogP contribution in [0.3, 0.4) is 0 Å². The maximum atomic E-state index is 12.1. The zero-order chi connectivity index (χ0) is 12.9. The van der Waals surface area contributed by atoms with E-state index >= 15 is 0 Å². The lowest BCUT2D eigenvalue weighted by molar-refractivity contribution is 0.453. The summed E-state index contributed by atoms with van der Waals surface area (Å²) >= 11 is 0. The molecule has 1 aromatic rings. The Kier molecular flexibility index (Phi) is 5.04. The van der Waals surface area contributed by atoms with Gasteiger partial charge in [-0.1, -0.05) is 13.0 Å². The first-order chi connectivity index (χ1) is 8.02. The van der Waals surface area contributed by atoms with Crippen LogP contribution >= 0.6 is 0 Å². The van der Waals surface area contributed by atoms with E-state index in [0.717, 1.165) is 5.56 Å². The van der Waals surface area contributed by atoms with E-state index < -0.39 is 15.3 Å². The second-order valence-electron chi connectivity index (χ2n) is 3.93. The predicted octanol–water partition coefficient (Wildman–Crippen LogP) is 0.581. The molecular formula is C11H19N3O2S. The highest BCUT2D eigenvalue weighted by molar-refractivity contribution is 7.89. The number of pyridine rings is 1. The molecule has 5 nitrogen and oxygen atoms in total. The van der Waals surface area contributed by atoms with Crippen LogP contribution in [0.4, 0.5) is 0 Å². The van der Waals surface area contributed by atoms with Crippen LogP contribution in [0.5, 0.6) is 0 Å². The van der Waals surface area contributed by atoms with Gasteiger partial charge in [0.15, 0.2) is 0 Å². The lowest BCUT2D eigenvalue weighted by atomic mass is 10.3. The molecule has 0 aliphatic heterocycles. The summed E-state index contributed by atoms with van der Waals surface area (Å²) in [5, 5.41) is -0.510. The Bertz CT molecular complexity index is 429. The Balaban J connectivity index is 2.80. The van der Waals surface area contributed by atoms with Crippen molar-refractivity contribution in [2.75, 3.05) is 13.6 Å². The molecule has 0 bridgehead atoms. The van der Waals surface area contributed by atoms with Crippen LogP contribution in [0.1, 0.15) is 18.9 Å². The minimum absolute atomic E-state index is 0.149. The van der Waals surface area contributed by atoms with Crippen molar-refractivity contribution in [3.63, 3.8) is 0 Å². The van der Waals surface area contributed by atoms with E-state index in [-0.39, 0.29) is 6.54 Å². The first-order valence-corrected chi connectivity index (χ1v) is 7.06. The third-order valence-electron chi connectivity index (χ3n) is 2.70. The molecule has 1 atom stereocenters. The number of hydrogen-bond acceptors (Lipinski definition) is 4. The van der Waals surface area contributed by atoms with E-state index in [2.05, 4.69) is 4.98 Å². The average molecular weight is 257 g/mol. The fourth-order valence-corrected chi connectivity index (χ4v) is 3.09. The van der Waals surface area contributed by atoms with E-state index in [1.807, 2.05) is 13.0 Å². The molecule has 0 spiro atoms. The standard InChI is InChI=1S/C11H19N3O2S/c1-3-11(7-12)17(15,16)14(2)9-10-5-4-6-13-8-10/h4-6,8,11H,3,7,9,12H2,1-2H3. The molecule has 1 rings (SSSR count). The Hall–Kier alpha value is -0.980. The van der Waals surface area contributed by atoms with Crippen LogP contribution in [0.15, 0.2) is 24.5 Å². The molecule has 0 aliphatic carbocycles. The Labute approximate surface area is 103 Å². The molecule has 0 saturated carbocycles. The van der Waals surface area contributed by atoms with Crippen LogP contribution < -0.4 is 5.73 Å². The summed E-state index contributed by atoms with van der Waals surface area (Å²) in [6, 6.07) is 3.64. The van der Waals surface area contributed by atoms with E-state index in [9.17, 15) is 8.42 Å². The van der Waals surface area contributed by atoms with Crippen LogP contribution in [0, 0.1) is 0 Å². The molecule has 96 valence electrons. The summed E-state index contributed by atoms with van der Waals surface area (Å²) in [6.45, 7) is 2.30. The molecule has 0 saturated heterocycles. The first-order valence-electron chi connectivity index (χ1n) is 5.56. The van der Waals surface area contributed by atoms with Gasteiger partial charge in [-0.3, -0.25) is 4.98 Å². The van der Waals surface area contributed by atoms with Gasteiger partial charge < -0.3 is 5.73 Å². The maximum Gasteiger partial charge on any atom is 0.218 e. The second-order valence-corrected chi connectivity index (χ2v) is 6.25. The van der Waals surface area contributed by atoms with Gasteiger partial charge in [-0.05, 0) is 18.1 Å². The predicted molar refractivity (Wildman–Crippen MR) is 67.8 cm³/mol. The summed E-state index contributed by atoms with van der Waals surface area (Å²) in [7, 11) is -1.75. The minimum Gasteiger partial charge on any atom is -0.329 e. The van der Waals surface area contributed by atoms with Gasteiger partial charge in [0.05, 0.1) is 5.25 Å². The van der Waals surface area contributed by atoms with Gasteiger partial charge in [0, 0.05) is 32.5 Å². The fourth-order valence-electron chi connectivity index (χ4n) is 1.59. The normalized spacial score (nSPS) is 13.9. The van der Waals surface area contributed by atoms with Crippen LogP contribution in [-0.2, 0) is 16.6 Å². The molecule has 6 heteroatoms. The molecule has 0 aromatic carbocycles. The number of rotatable bonds is 6. The number of aromatic nitrogens is 1. The van der Waals surface area contributed by atoms with E-state index in [4.69, 9.17) is 5.73 Å². The Morgan fingerprint density at radius 2 is 2.24 bits per heavy atom. The number of hydrogen-bond donors (Lipinski definition) is 1. The highest BCUT2D eigenvalue weighted by Gasteiger charge is 2.27. The van der Waals surface area contributed by atoms with E-state index in [1.165, 1.54) is 4.31 Å². The van der Waals surface area contributed by atoms with E-state index in [0.29, 0.717) is 13.0 Å². The topological polar surface area (TPSA) is 76.3 Å². The molecular weight excluding hydrogens is 238 g/mol. The number of nitrogens with two attached hydrogens (primary N) is 1. The SMILES string of the molecule is CCC(CN)S(=O)(=O)N(C)Cc1cccnc1. The Morgan fingerprint density at radius 1 is 1.53 bits per heavy atom. The number of nitrogens with zero attached hydrogens (tertiary/aromatic N) is 2. The monoisotopic (exact) mass is 257 g/mol. The van der Waals surface area contributed by atoms with Crippen molar-refractivity contribution in [1.29, 1.82) is 0 Å². The third-order valence-corrected chi connectivity index (χ3v) is 5.07. The minimum atomic E-state index is -3.32. The van der Waals surface area contributed by atoms with Crippen molar-refractivity contribution in [2.45, 2.75) is 25.1 Å². The van der Waals surface area contributed by atoms with Crippen molar-refractivity contribution in [1.82, 2.24) is 9.29 Å². The highest BCUT2D eigenvalue weighted by Crippen LogP contribution is 2.12. The molecule has 0 amide bonds. The second kappa shape index (κ2) is 6.09. The third kappa shape index (κ3) is 3.49. The van der Waals surface area contributed by atoms with Crippen molar-refractivity contribution < 1.29 is 8.42 Å². The van der Waals surface area contributed by atoms with Crippen molar-refractivity contribution in [3.8, 4) is 0 Å². The van der Waals surface area contributed by atoms with Gasteiger partial charge in [0.1, 0.15) is 0 Å². The number of sulfonamides is 1. The van der Waals surface area contributed by atoms with E-state index in [1.54, 1.807) is 25.5 Å². The molecule has 0 radical (unpaired) electrons. The highest BCUT2D eigenvalue weighted by atomic mass is 32.2. The van der Waals surface area contributed by atoms with Gasteiger partial charge >= 0.3 is 0 Å². The maximum absolute atomic E-state index is 12.1. The molecule has 0 fully saturated rings.